The monoisotopic (exact) mass is 301 g/mol. The maximum atomic E-state index is 5.62. The van der Waals surface area contributed by atoms with Crippen LogP contribution in [0.3, 0.4) is 0 Å². The predicted molar refractivity (Wildman–Crippen MR) is 73.5 cm³/mol. The Morgan fingerprint density at radius 2 is 2.06 bits per heavy atom. The van der Waals surface area contributed by atoms with Crippen LogP contribution in [0.4, 0.5) is 5.95 Å². The number of aromatic nitrogens is 2. The molecular weight excluding hydrogens is 282 g/mol. The maximum absolute atomic E-state index is 5.62. The molecule has 0 amide bonds. The van der Waals surface area contributed by atoms with Gasteiger partial charge in [0.1, 0.15) is 0 Å². The van der Waals surface area contributed by atoms with Crippen molar-refractivity contribution in [1.82, 2.24) is 9.97 Å². The number of nitrogens with zero attached hydrogens (tertiary/aromatic N) is 2. The average Bonchev–Trinajstić information content (AvgIpc) is 2.35. The number of anilines is 1. The van der Waals surface area contributed by atoms with Crippen LogP contribution >= 0.6 is 15.9 Å². The largest absolute Gasteiger partial charge is 0.477 e. The Balaban J connectivity index is 2.30. The second-order valence-corrected chi connectivity index (χ2v) is 4.71. The molecule has 5 heteroatoms. The highest BCUT2D eigenvalue weighted by atomic mass is 79.9. The average molecular weight is 302 g/mol. The number of nitrogens with one attached hydrogen (secondary N) is 1. The zero-order valence-electron chi connectivity index (χ0n) is 10.5. The van der Waals surface area contributed by atoms with E-state index in [-0.39, 0.29) is 0 Å². The molecule has 0 fully saturated rings. The summed E-state index contributed by atoms with van der Waals surface area (Å²) in [5, 5.41) is 2.89. The van der Waals surface area contributed by atoms with Gasteiger partial charge >= 0.3 is 0 Å². The van der Waals surface area contributed by atoms with Crippen molar-refractivity contribution in [2.75, 3.05) is 19.0 Å². The molecule has 0 spiro atoms. The van der Waals surface area contributed by atoms with E-state index in [4.69, 9.17) is 4.74 Å². The van der Waals surface area contributed by atoms with Gasteiger partial charge in [-0.05, 0) is 22.4 Å². The molecule has 1 aromatic heterocycles. The molecule has 0 radical (unpaired) electrons. The van der Waals surface area contributed by atoms with Crippen molar-refractivity contribution < 1.29 is 4.74 Å². The summed E-state index contributed by atoms with van der Waals surface area (Å²) < 4.78 is 6.42. The smallest absolute Gasteiger partial charge is 0.232 e. The first-order valence-electron chi connectivity index (χ1n) is 6.11. The van der Waals surface area contributed by atoms with E-state index in [1.807, 2.05) is 0 Å². The van der Waals surface area contributed by atoms with E-state index in [0.717, 1.165) is 10.9 Å². The van der Waals surface area contributed by atoms with Gasteiger partial charge in [0.25, 0.3) is 0 Å². The first kappa shape index (κ1) is 14.2. The van der Waals surface area contributed by atoms with Crippen molar-refractivity contribution >= 4 is 21.9 Å². The Bertz CT molecular complexity index is 334. The van der Waals surface area contributed by atoms with Gasteiger partial charge in [0.2, 0.25) is 11.8 Å². The van der Waals surface area contributed by atoms with E-state index in [9.17, 15) is 0 Å². The molecule has 0 unspecified atom stereocenters. The van der Waals surface area contributed by atoms with Crippen LogP contribution in [0, 0.1) is 0 Å². The Hall–Kier alpha value is -0.840. The maximum Gasteiger partial charge on any atom is 0.232 e. The van der Waals surface area contributed by atoms with E-state index in [2.05, 4.69) is 38.1 Å². The van der Waals surface area contributed by atoms with Crippen LogP contribution in [0.25, 0.3) is 0 Å². The summed E-state index contributed by atoms with van der Waals surface area (Å²) in [6.45, 7) is 2.93. The van der Waals surface area contributed by atoms with Gasteiger partial charge in [0.05, 0.1) is 17.3 Å². The van der Waals surface area contributed by atoms with E-state index >= 15 is 0 Å². The first-order chi connectivity index (χ1) is 8.27. The molecular formula is C12H20BrN3O. The molecule has 1 aromatic rings. The molecule has 96 valence electrons. The zero-order valence-corrected chi connectivity index (χ0v) is 12.1. The summed E-state index contributed by atoms with van der Waals surface area (Å²) in [6, 6.07) is 0. The van der Waals surface area contributed by atoms with Gasteiger partial charge in [-0.2, -0.15) is 4.98 Å². The van der Waals surface area contributed by atoms with E-state index in [1.165, 1.54) is 25.7 Å². The summed E-state index contributed by atoms with van der Waals surface area (Å²) in [7, 11) is 1.79. The molecule has 0 aliphatic carbocycles. The molecule has 0 aromatic carbocycles. The second kappa shape index (κ2) is 8.28. The molecule has 0 saturated heterocycles. The standard InChI is InChI=1S/C12H20BrN3O/c1-3-4-5-6-7-8-17-11-10(13)9-15-12(14-2)16-11/h9H,3-8H2,1-2H3,(H,14,15,16). The Labute approximate surface area is 111 Å². The Kier molecular flexibility index (Phi) is 6.93. The van der Waals surface area contributed by atoms with Crippen LogP contribution in [0.1, 0.15) is 39.0 Å². The quantitative estimate of drug-likeness (QED) is 0.745. The molecule has 1 N–H and O–H groups in total. The molecule has 0 aliphatic heterocycles. The number of ether oxygens (including phenoxy) is 1. The molecule has 0 atom stereocenters. The minimum absolute atomic E-state index is 0.578. The summed E-state index contributed by atoms with van der Waals surface area (Å²) >= 11 is 3.38. The van der Waals surface area contributed by atoms with Crippen LogP contribution in [0.2, 0.25) is 0 Å². The summed E-state index contributed by atoms with van der Waals surface area (Å²) in [6.07, 6.45) is 7.85. The normalized spacial score (nSPS) is 10.3. The fourth-order valence-electron chi connectivity index (χ4n) is 1.45. The van der Waals surface area contributed by atoms with Crippen molar-refractivity contribution in [3.05, 3.63) is 10.7 Å². The third-order valence-electron chi connectivity index (χ3n) is 2.42. The van der Waals surface area contributed by atoms with Gasteiger partial charge in [0.15, 0.2) is 0 Å². The summed E-state index contributed by atoms with van der Waals surface area (Å²) in [4.78, 5) is 8.31. The van der Waals surface area contributed by atoms with Crippen LogP contribution < -0.4 is 10.1 Å². The fourth-order valence-corrected chi connectivity index (χ4v) is 1.75. The number of unbranched alkanes of at least 4 members (excludes halogenated alkanes) is 4. The van der Waals surface area contributed by atoms with Gasteiger partial charge < -0.3 is 10.1 Å². The highest BCUT2D eigenvalue weighted by molar-refractivity contribution is 9.10. The third kappa shape index (κ3) is 5.35. The first-order valence-corrected chi connectivity index (χ1v) is 6.90. The SMILES string of the molecule is CCCCCCCOc1nc(NC)ncc1Br. The van der Waals surface area contributed by atoms with E-state index in [1.54, 1.807) is 13.2 Å². The van der Waals surface area contributed by atoms with Crippen molar-refractivity contribution in [2.45, 2.75) is 39.0 Å². The lowest BCUT2D eigenvalue weighted by molar-refractivity contribution is 0.291. The number of rotatable bonds is 8. The molecule has 1 heterocycles. The van der Waals surface area contributed by atoms with Crippen LogP contribution in [-0.4, -0.2) is 23.6 Å². The summed E-state index contributed by atoms with van der Waals surface area (Å²) in [5.41, 5.74) is 0. The van der Waals surface area contributed by atoms with Crippen molar-refractivity contribution in [2.24, 2.45) is 0 Å². The predicted octanol–water partition coefficient (Wildman–Crippen LogP) is 3.63. The van der Waals surface area contributed by atoms with Gasteiger partial charge in [0, 0.05) is 7.05 Å². The zero-order chi connectivity index (χ0) is 12.5. The molecule has 17 heavy (non-hydrogen) atoms. The Morgan fingerprint density at radius 3 is 2.76 bits per heavy atom. The summed E-state index contributed by atoms with van der Waals surface area (Å²) in [5.74, 6) is 1.19. The lowest BCUT2D eigenvalue weighted by Crippen LogP contribution is -2.03. The minimum atomic E-state index is 0.578. The fraction of sp³-hybridized carbons (Fsp3) is 0.667. The molecule has 0 bridgehead atoms. The lowest BCUT2D eigenvalue weighted by atomic mass is 10.2. The van der Waals surface area contributed by atoms with Crippen LogP contribution in [0.5, 0.6) is 5.88 Å². The van der Waals surface area contributed by atoms with Crippen LogP contribution in [-0.2, 0) is 0 Å². The topological polar surface area (TPSA) is 47.0 Å². The van der Waals surface area contributed by atoms with Gasteiger partial charge in [-0.25, -0.2) is 4.98 Å². The van der Waals surface area contributed by atoms with Gasteiger partial charge in [-0.1, -0.05) is 32.6 Å². The van der Waals surface area contributed by atoms with Crippen molar-refractivity contribution in [1.29, 1.82) is 0 Å². The molecule has 0 aliphatic rings. The number of hydrogen-bond donors (Lipinski definition) is 1. The lowest BCUT2D eigenvalue weighted by Gasteiger charge is -2.08. The number of hydrogen-bond acceptors (Lipinski definition) is 4. The van der Waals surface area contributed by atoms with E-state index < -0.39 is 0 Å². The highest BCUT2D eigenvalue weighted by Crippen LogP contribution is 2.22. The third-order valence-corrected chi connectivity index (χ3v) is 2.97. The minimum Gasteiger partial charge on any atom is -0.477 e. The molecule has 4 nitrogen and oxygen atoms in total. The van der Waals surface area contributed by atoms with E-state index in [0.29, 0.717) is 18.4 Å². The molecule has 1 rings (SSSR count). The second-order valence-electron chi connectivity index (χ2n) is 3.86. The van der Waals surface area contributed by atoms with Crippen LogP contribution in [0.15, 0.2) is 10.7 Å². The van der Waals surface area contributed by atoms with Gasteiger partial charge in [-0.3, -0.25) is 0 Å². The van der Waals surface area contributed by atoms with Crippen molar-refractivity contribution in [3.8, 4) is 5.88 Å². The number of halogens is 1. The van der Waals surface area contributed by atoms with Gasteiger partial charge in [-0.15, -0.1) is 0 Å². The molecule has 0 saturated carbocycles. The van der Waals surface area contributed by atoms with Crippen molar-refractivity contribution in [3.63, 3.8) is 0 Å². The highest BCUT2D eigenvalue weighted by Gasteiger charge is 2.04. The Morgan fingerprint density at radius 1 is 1.29 bits per heavy atom.